The van der Waals surface area contributed by atoms with Crippen LogP contribution in [0.2, 0.25) is 0 Å². The van der Waals surface area contributed by atoms with Crippen molar-refractivity contribution in [2.45, 2.75) is 51.6 Å². The van der Waals surface area contributed by atoms with E-state index in [0.29, 0.717) is 17.6 Å². The number of carbonyl (C=O) groups is 1. The maximum Gasteiger partial charge on any atom is 0.253 e. The third kappa shape index (κ3) is 4.68. The highest BCUT2D eigenvalue weighted by atomic mass is 16.3. The highest BCUT2D eigenvalue weighted by molar-refractivity contribution is 5.94. The van der Waals surface area contributed by atoms with Crippen molar-refractivity contribution in [1.82, 2.24) is 20.3 Å². The summed E-state index contributed by atoms with van der Waals surface area (Å²) in [4.78, 5) is 27.3. The fourth-order valence-corrected chi connectivity index (χ4v) is 3.47. The quantitative estimate of drug-likeness (QED) is 0.727. The first-order chi connectivity index (χ1) is 13.3. The van der Waals surface area contributed by atoms with E-state index >= 15 is 0 Å². The minimum Gasteiger partial charge on any atom is -0.493 e. The molecular formula is C20H28N6O2. The molecule has 1 amide bonds. The van der Waals surface area contributed by atoms with Gasteiger partial charge >= 0.3 is 0 Å². The van der Waals surface area contributed by atoms with Gasteiger partial charge in [0.25, 0.3) is 5.91 Å². The number of hydrogen-bond acceptors (Lipinski definition) is 7. The molecule has 0 atom stereocenters. The Kier molecular flexibility index (Phi) is 5.96. The van der Waals surface area contributed by atoms with Gasteiger partial charge in [0.1, 0.15) is 5.82 Å². The van der Waals surface area contributed by atoms with Crippen LogP contribution in [0.3, 0.4) is 0 Å². The zero-order chi connectivity index (χ0) is 20.3. The van der Waals surface area contributed by atoms with Crippen molar-refractivity contribution < 1.29 is 9.90 Å². The van der Waals surface area contributed by atoms with E-state index in [0.717, 1.165) is 42.8 Å². The highest BCUT2D eigenvalue weighted by Crippen LogP contribution is 2.24. The number of pyridine rings is 1. The molecule has 2 aromatic heterocycles. The zero-order valence-electron chi connectivity index (χ0n) is 16.9. The van der Waals surface area contributed by atoms with Crippen LogP contribution in [0.15, 0.2) is 18.3 Å². The molecule has 1 fully saturated rings. The van der Waals surface area contributed by atoms with Crippen LogP contribution >= 0.6 is 0 Å². The van der Waals surface area contributed by atoms with Crippen molar-refractivity contribution in [3.05, 3.63) is 35.2 Å². The van der Waals surface area contributed by atoms with E-state index in [1.54, 1.807) is 6.07 Å². The average Bonchev–Trinajstić information content (AvgIpc) is 2.66. The molecule has 3 rings (SSSR count). The lowest BCUT2D eigenvalue weighted by atomic mass is 9.91. The summed E-state index contributed by atoms with van der Waals surface area (Å²) < 4.78 is 0. The topological polar surface area (TPSA) is 103 Å². The van der Waals surface area contributed by atoms with Crippen LogP contribution < -0.4 is 15.5 Å². The van der Waals surface area contributed by atoms with Crippen molar-refractivity contribution in [3.8, 4) is 5.88 Å². The largest absolute Gasteiger partial charge is 0.493 e. The fraction of sp³-hybridized carbons (Fsp3) is 0.500. The molecule has 2 aromatic rings. The molecule has 0 radical (unpaired) electrons. The maximum atomic E-state index is 12.3. The summed E-state index contributed by atoms with van der Waals surface area (Å²) >= 11 is 0. The van der Waals surface area contributed by atoms with Gasteiger partial charge in [-0.05, 0) is 45.6 Å². The van der Waals surface area contributed by atoms with E-state index in [1.807, 2.05) is 32.8 Å². The number of nitrogens with one attached hydrogen (secondary N) is 2. The van der Waals surface area contributed by atoms with E-state index in [4.69, 9.17) is 0 Å². The number of aromatic hydroxyl groups is 1. The third-order valence-electron chi connectivity index (χ3n) is 5.19. The molecule has 8 nitrogen and oxygen atoms in total. The molecule has 8 heteroatoms. The van der Waals surface area contributed by atoms with Crippen molar-refractivity contribution in [3.63, 3.8) is 0 Å². The summed E-state index contributed by atoms with van der Waals surface area (Å²) in [5.41, 5.74) is 2.52. The Morgan fingerprint density at radius 3 is 2.39 bits per heavy atom. The molecule has 1 aliphatic carbocycles. The number of carbonyl (C=O) groups excluding carboxylic acids is 1. The lowest BCUT2D eigenvalue weighted by molar-refractivity contribution is 0.0926. The number of aryl methyl sites for hydroxylation is 1. The molecule has 28 heavy (non-hydrogen) atoms. The van der Waals surface area contributed by atoms with Gasteiger partial charge in [-0.25, -0.2) is 9.97 Å². The number of nitrogens with zero attached hydrogens (tertiary/aromatic N) is 4. The molecule has 3 N–H and O–H groups in total. The molecule has 0 unspecified atom stereocenters. The molecule has 0 spiro atoms. The van der Waals surface area contributed by atoms with Gasteiger partial charge in [0.15, 0.2) is 0 Å². The van der Waals surface area contributed by atoms with Crippen LogP contribution in [0.5, 0.6) is 5.88 Å². The molecule has 1 saturated carbocycles. The Morgan fingerprint density at radius 2 is 1.79 bits per heavy atom. The number of anilines is 2. The predicted octanol–water partition coefficient (Wildman–Crippen LogP) is 2.41. The Hall–Kier alpha value is -2.90. The first-order valence-corrected chi connectivity index (χ1v) is 9.58. The van der Waals surface area contributed by atoms with Gasteiger partial charge < -0.3 is 20.6 Å². The summed E-state index contributed by atoms with van der Waals surface area (Å²) in [6.07, 6.45) is 5.04. The second kappa shape index (κ2) is 8.41. The number of hydrogen-bond donors (Lipinski definition) is 3. The molecular weight excluding hydrogens is 356 g/mol. The van der Waals surface area contributed by atoms with Crippen LogP contribution in [0.4, 0.5) is 11.8 Å². The van der Waals surface area contributed by atoms with Gasteiger partial charge in [0, 0.05) is 49.7 Å². The summed E-state index contributed by atoms with van der Waals surface area (Å²) in [6, 6.07) is 3.42. The van der Waals surface area contributed by atoms with E-state index < -0.39 is 0 Å². The molecule has 2 heterocycles. The standard InChI is InChI=1S/C20H28N6O2/c1-12-13(2)22-20(25-18(12)26(3)4)24-16-8-6-15(7-9-16)23-19(28)14-5-10-17(27)21-11-14/h5,10-11,15-16H,6-9H2,1-4H3,(H,21,27)(H,23,28)(H,22,24,25). The predicted molar refractivity (Wildman–Crippen MR) is 109 cm³/mol. The Bertz CT molecular complexity index is 829. The molecule has 150 valence electrons. The highest BCUT2D eigenvalue weighted by Gasteiger charge is 2.24. The number of rotatable bonds is 5. The number of aromatic nitrogens is 3. The summed E-state index contributed by atoms with van der Waals surface area (Å²) in [6.45, 7) is 4.03. The van der Waals surface area contributed by atoms with Crippen molar-refractivity contribution in [1.29, 1.82) is 0 Å². The molecule has 1 aliphatic rings. The Morgan fingerprint density at radius 1 is 1.11 bits per heavy atom. The first kappa shape index (κ1) is 19.9. The smallest absolute Gasteiger partial charge is 0.253 e. The Labute approximate surface area is 165 Å². The SMILES string of the molecule is Cc1nc(NC2CCC(NC(=O)c3ccc(O)nc3)CC2)nc(N(C)C)c1C. The van der Waals surface area contributed by atoms with Gasteiger partial charge in [0.2, 0.25) is 11.8 Å². The Balaban J connectivity index is 1.54. The molecule has 0 saturated heterocycles. The van der Waals surface area contributed by atoms with E-state index in [2.05, 4.69) is 25.6 Å². The second-order valence-corrected chi connectivity index (χ2v) is 7.55. The van der Waals surface area contributed by atoms with Crippen LogP contribution in [0.25, 0.3) is 0 Å². The minimum atomic E-state index is -0.156. The summed E-state index contributed by atoms with van der Waals surface area (Å²) in [5, 5.41) is 15.7. The number of amides is 1. The average molecular weight is 384 g/mol. The summed E-state index contributed by atoms with van der Waals surface area (Å²) in [7, 11) is 3.96. The van der Waals surface area contributed by atoms with Gasteiger partial charge in [-0.1, -0.05) is 0 Å². The van der Waals surface area contributed by atoms with E-state index in [-0.39, 0.29) is 17.8 Å². The van der Waals surface area contributed by atoms with Crippen LogP contribution in [-0.2, 0) is 0 Å². The van der Waals surface area contributed by atoms with Gasteiger partial charge in [0.05, 0.1) is 5.56 Å². The summed E-state index contributed by atoms with van der Waals surface area (Å²) in [5.74, 6) is 1.35. The van der Waals surface area contributed by atoms with E-state index in [9.17, 15) is 9.90 Å². The van der Waals surface area contributed by atoms with Gasteiger partial charge in [-0.15, -0.1) is 0 Å². The van der Waals surface area contributed by atoms with Crippen LogP contribution in [0.1, 0.15) is 47.3 Å². The van der Waals surface area contributed by atoms with Crippen molar-refractivity contribution >= 4 is 17.7 Å². The second-order valence-electron chi connectivity index (χ2n) is 7.55. The van der Waals surface area contributed by atoms with Crippen molar-refractivity contribution in [2.24, 2.45) is 0 Å². The van der Waals surface area contributed by atoms with Crippen LogP contribution in [-0.4, -0.2) is 52.1 Å². The normalized spacial score (nSPS) is 19.1. The minimum absolute atomic E-state index is 0.0888. The molecule has 0 aliphatic heterocycles. The van der Waals surface area contributed by atoms with Crippen molar-refractivity contribution in [2.75, 3.05) is 24.3 Å². The van der Waals surface area contributed by atoms with Gasteiger partial charge in [-0.3, -0.25) is 4.79 Å². The first-order valence-electron chi connectivity index (χ1n) is 9.58. The lowest BCUT2D eigenvalue weighted by Gasteiger charge is -2.30. The van der Waals surface area contributed by atoms with E-state index in [1.165, 1.54) is 12.3 Å². The molecule has 0 aromatic carbocycles. The molecule has 0 bridgehead atoms. The fourth-order valence-electron chi connectivity index (χ4n) is 3.47. The monoisotopic (exact) mass is 384 g/mol. The lowest BCUT2D eigenvalue weighted by Crippen LogP contribution is -2.40. The van der Waals surface area contributed by atoms with Crippen LogP contribution in [0, 0.1) is 13.8 Å². The zero-order valence-corrected chi connectivity index (χ0v) is 16.9. The maximum absolute atomic E-state index is 12.3. The van der Waals surface area contributed by atoms with Gasteiger partial charge in [-0.2, -0.15) is 4.98 Å². The third-order valence-corrected chi connectivity index (χ3v) is 5.19.